The van der Waals surface area contributed by atoms with E-state index in [1.165, 1.54) is 11.8 Å². The van der Waals surface area contributed by atoms with Crippen molar-refractivity contribution < 1.29 is 0 Å². The van der Waals surface area contributed by atoms with Crippen LogP contribution in [0.5, 0.6) is 0 Å². The number of thioether (sulfide) groups is 1. The summed E-state index contributed by atoms with van der Waals surface area (Å²) in [6.07, 6.45) is 5.16. The zero-order chi connectivity index (χ0) is 12.0. The largest absolute Gasteiger partial charge is 0.325 e. The second-order valence-electron chi connectivity index (χ2n) is 3.12. The number of nitrogens with zero attached hydrogens (tertiary/aromatic N) is 4. The van der Waals surface area contributed by atoms with Crippen LogP contribution in [0.15, 0.2) is 23.6 Å². The smallest absolute Gasteiger partial charge is 0.187 e. The average Bonchev–Trinajstić information content (AvgIpc) is 2.30. The van der Waals surface area contributed by atoms with Crippen LogP contribution in [0.25, 0.3) is 5.57 Å². The van der Waals surface area contributed by atoms with Crippen LogP contribution in [-0.4, -0.2) is 35.3 Å². The van der Waals surface area contributed by atoms with E-state index in [0.29, 0.717) is 16.4 Å². The van der Waals surface area contributed by atoms with Crippen LogP contribution < -0.4 is 5.43 Å². The summed E-state index contributed by atoms with van der Waals surface area (Å²) < 4.78 is 0. The molecule has 0 spiro atoms. The molecule has 0 amide bonds. The number of rotatable bonds is 4. The SMILES string of the molecule is CSc1nccc(/C(C#N)=C/NN(C)C)n1. The highest BCUT2D eigenvalue weighted by atomic mass is 32.2. The Balaban J connectivity index is 2.95. The van der Waals surface area contributed by atoms with Gasteiger partial charge in [-0.1, -0.05) is 11.8 Å². The van der Waals surface area contributed by atoms with Gasteiger partial charge >= 0.3 is 0 Å². The average molecular weight is 235 g/mol. The van der Waals surface area contributed by atoms with Gasteiger partial charge in [0, 0.05) is 26.5 Å². The quantitative estimate of drug-likeness (QED) is 0.365. The van der Waals surface area contributed by atoms with Gasteiger partial charge in [-0.3, -0.25) is 0 Å². The third kappa shape index (κ3) is 3.53. The molecule has 0 atom stereocenters. The Bertz CT molecular complexity index is 421. The maximum Gasteiger partial charge on any atom is 0.187 e. The zero-order valence-corrected chi connectivity index (χ0v) is 10.2. The Morgan fingerprint density at radius 1 is 1.62 bits per heavy atom. The standard InChI is InChI=1S/C10H13N5S/c1-15(2)13-7-8(6-11)9-4-5-12-10(14-9)16-3/h4-5,7,13H,1-3H3/b8-7+. The summed E-state index contributed by atoms with van der Waals surface area (Å²) in [5.74, 6) is 0. The van der Waals surface area contributed by atoms with E-state index in [0.717, 1.165) is 0 Å². The molecule has 1 rings (SSSR count). The van der Waals surface area contributed by atoms with Crippen molar-refractivity contribution in [2.24, 2.45) is 0 Å². The summed E-state index contributed by atoms with van der Waals surface area (Å²) in [5.41, 5.74) is 4.01. The minimum atomic E-state index is 0.478. The fraction of sp³-hybridized carbons (Fsp3) is 0.300. The molecule has 0 aliphatic rings. The fourth-order valence-corrected chi connectivity index (χ4v) is 1.30. The Labute approximate surface area is 99.2 Å². The molecule has 0 saturated carbocycles. The molecule has 84 valence electrons. The first kappa shape index (κ1) is 12.5. The second kappa shape index (κ2) is 6.10. The lowest BCUT2D eigenvalue weighted by Gasteiger charge is -2.09. The highest BCUT2D eigenvalue weighted by molar-refractivity contribution is 7.98. The predicted octanol–water partition coefficient (Wildman–Crippen LogP) is 1.13. The molecule has 0 radical (unpaired) electrons. The maximum atomic E-state index is 9.01. The molecular formula is C10H13N5S. The third-order valence-corrected chi connectivity index (χ3v) is 2.24. The van der Waals surface area contributed by atoms with Gasteiger partial charge in [-0.05, 0) is 12.3 Å². The van der Waals surface area contributed by atoms with Gasteiger partial charge < -0.3 is 5.43 Å². The van der Waals surface area contributed by atoms with Crippen molar-refractivity contribution in [2.75, 3.05) is 20.4 Å². The molecule has 0 aromatic carbocycles. The topological polar surface area (TPSA) is 64.8 Å². The van der Waals surface area contributed by atoms with Crippen molar-refractivity contribution in [1.29, 1.82) is 5.26 Å². The molecule has 0 aliphatic heterocycles. The van der Waals surface area contributed by atoms with Crippen LogP contribution in [0.3, 0.4) is 0 Å². The number of hydrogen-bond acceptors (Lipinski definition) is 6. The van der Waals surface area contributed by atoms with E-state index < -0.39 is 0 Å². The van der Waals surface area contributed by atoms with E-state index in [-0.39, 0.29) is 0 Å². The number of nitrogens with one attached hydrogen (secondary N) is 1. The minimum absolute atomic E-state index is 0.478. The Morgan fingerprint density at radius 3 is 2.94 bits per heavy atom. The van der Waals surface area contributed by atoms with Crippen LogP contribution in [0.1, 0.15) is 5.69 Å². The molecule has 1 heterocycles. The first-order valence-electron chi connectivity index (χ1n) is 4.58. The number of hydrazine groups is 1. The fourth-order valence-electron chi connectivity index (χ4n) is 0.946. The van der Waals surface area contributed by atoms with Gasteiger partial charge in [0.15, 0.2) is 5.16 Å². The summed E-state index contributed by atoms with van der Waals surface area (Å²) in [6.45, 7) is 0. The molecular weight excluding hydrogens is 222 g/mol. The molecule has 0 unspecified atom stereocenters. The van der Waals surface area contributed by atoms with Crippen molar-refractivity contribution in [2.45, 2.75) is 5.16 Å². The van der Waals surface area contributed by atoms with Crippen molar-refractivity contribution in [3.8, 4) is 6.07 Å². The lowest BCUT2D eigenvalue weighted by Crippen LogP contribution is -2.25. The maximum absolute atomic E-state index is 9.01. The second-order valence-corrected chi connectivity index (χ2v) is 3.90. The van der Waals surface area contributed by atoms with Gasteiger partial charge in [0.25, 0.3) is 0 Å². The molecule has 5 nitrogen and oxygen atoms in total. The van der Waals surface area contributed by atoms with Crippen LogP contribution in [-0.2, 0) is 0 Å². The lowest BCUT2D eigenvalue weighted by molar-refractivity contribution is 0.343. The molecule has 6 heteroatoms. The van der Waals surface area contributed by atoms with E-state index in [4.69, 9.17) is 5.26 Å². The summed E-state index contributed by atoms with van der Waals surface area (Å²) in [7, 11) is 3.69. The number of allylic oxidation sites excluding steroid dienone is 1. The Kier molecular flexibility index (Phi) is 4.76. The molecule has 1 N–H and O–H groups in total. The first-order chi connectivity index (χ1) is 7.67. The molecule has 1 aromatic heterocycles. The van der Waals surface area contributed by atoms with Crippen LogP contribution in [0.2, 0.25) is 0 Å². The zero-order valence-electron chi connectivity index (χ0n) is 9.43. The monoisotopic (exact) mass is 235 g/mol. The summed E-state index contributed by atoms with van der Waals surface area (Å²) >= 11 is 1.45. The van der Waals surface area contributed by atoms with E-state index in [1.54, 1.807) is 23.5 Å². The van der Waals surface area contributed by atoms with E-state index >= 15 is 0 Å². The van der Waals surface area contributed by atoms with Crippen molar-refractivity contribution >= 4 is 17.3 Å². The van der Waals surface area contributed by atoms with Crippen molar-refractivity contribution in [1.82, 2.24) is 20.4 Å². The van der Waals surface area contributed by atoms with Gasteiger partial charge in [0.1, 0.15) is 6.07 Å². The van der Waals surface area contributed by atoms with Crippen molar-refractivity contribution in [3.05, 3.63) is 24.2 Å². The predicted molar refractivity (Wildman–Crippen MR) is 64.2 cm³/mol. The van der Waals surface area contributed by atoms with Gasteiger partial charge in [-0.25, -0.2) is 15.0 Å². The molecule has 16 heavy (non-hydrogen) atoms. The third-order valence-electron chi connectivity index (χ3n) is 1.68. The van der Waals surface area contributed by atoms with Gasteiger partial charge in [0.05, 0.1) is 11.3 Å². The highest BCUT2D eigenvalue weighted by Crippen LogP contribution is 2.13. The van der Waals surface area contributed by atoms with Gasteiger partial charge in [-0.2, -0.15) is 5.26 Å². The number of hydrogen-bond donors (Lipinski definition) is 1. The van der Waals surface area contributed by atoms with Gasteiger partial charge in [-0.15, -0.1) is 0 Å². The van der Waals surface area contributed by atoms with E-state index in [9.17, 15) is 0 Å². The molecule has 0 bridgehead atoms. The summed E-state index contributed by atoms with van der Waals surface area (Å²) in [6, 6.07) is 3.81. The molecule has 0 saturated heterocycles. The first-order valence-corrected chi connectivity index (χ1v) is 5.81. The Morgan fingerprint density at radius 2 is 2.38 bits per heavy atom. The van der Waals surface area contributed by atoms with Crippen LogP contribution >= 0.6 is 11.8 Å². The summed E-state index contributed by atoms with van der Waals surface area (Å²) in [4.78, 5) is 8.30. The highest BCUT2D eigenvalue weighted by Gasteiger charge is 2.04. The lowest BCUT2D eigenvalue weighted by atomic mass is 10.2. The Hall–Kier alpha value is -1.58. The number of nitriles is 1. The normalized spacial score (nSPS) is 11.3. The van der Waals surface area contributed by atoms with Gasteiger partial charge in [0.2, 0.25) is 0 Å². The molecule has 0 aliphatic carbocycles. The number of aromatic nitrogens is 2. The molecule has 1 aromatic rings. The van der Waals surface area contributed by atoms with Crippen LogP contribution in [0, 0.1) is 11.3 Å². The van der Waals surface area contributed by atoms with E-state index in [1.807, 2.05) is 20.4 Å². The summed E-state index contributed by atoms with van der Waals surface area (Å²) in [5, 5.41) is 11.4. The van der Waals surface area contributed by atoms with Crippen LogP contribution in [0.4, 0.5) is 0 Å². The molecule has 0 fully saturated rings. The van der Waals surface area contributed by atoms with E-state index in [2.05, 4.69) is 21.5 Å². The minimum Gasteiger partial charge on any atom is -0.325 e. The van der Waals surface area contributed by atoms with Crippen molar-refractivity contribution in [3.63, 3.8) is 0 Å².